The molecule has 2 atom stereocenters. The van der Waals surface area contributed by atoms with Crippen molar-refractivity contribution in [1.82, 2.24) is 9.80 Å². The fourth-order valence-electron chi connectivity index (χ4n) is 4.25. The van der Waals surface area contributed by atoms with Crippen molar-refractivity contribution in [2.75, 3.05) is 32.0 Å². The molecule has 0 unspecified atom stereocenters. The Balaban J connectivity index is 1.28. The first-order chi connectivity index (χ1) is 12.3. The van der Waals surface area contributed by atoms with Crippen molar-refractivity contribution >= 4 is 5.69 Å². The maximum absolute atomic E-state index is 5.90. The first-order valence-corrected chi connectivity index (χ1v) is 9.28. The molecule has 2 bridgehead atoms. The Hall–Kier alpha value is -2.04. The molecule has 2 aromatic rings. The number of nitrogen functional groups attached to an aromatic ring is 1. The molecule has 2 saturated heterocycles. The van der Waals surface area contributed by atoms with Crippen molar-refractivity contribution in [1.29, 1.82) is 0 Å². The molecule has 2 N–H and O–H groups in total. The van der Waals surface area contributed by atoms with E-state index in [0.29, 0.717) is 12.1 Å². The third-order valence-corrected chi connectivity index (χ3v) is 5.46. The van der Waals surface area contributed by atoms with Gasteiger partial charge in [0, 0.05) is 44.0 Å². The molecule has 4 nitrogen and oxygen atoms in total. The van der Waals surface area contributed by atoms with Gasteiger partial charge in [0.05, 0.1) is 0 Å². The molecule has 2 heterocycles. The number of hydrogen-bond acceptors (Lipinski definition) is 4. The number of hydrogen-bond donors (Lipinski definition) is 1. The normalized spacial score (nSPS) is 23.7. The number of benzene rings is 2. The largest absolute Gasteiger partial charge is 0.492 e. The number of fused-ring (bicyclic) bond motifs is 2. The van der Waals surface area contributed by atoms with Gasteiger partial charge >= 0.3 is 0 Å². The smallest absolute Gasteiger partial charge is 0.119 e. The van der Waals surface area contributed by atoms with Gasteiger partial charge in [-0.1, -0.05) is 30.3 Å². The van der Waals surface area contributed by atoms with Gasteiger partial charge in [0.15, 0.2) is 0 Å². The first kappa shape index (κ1) is 16.4. The maximum atomic E-state index is 5.90. The Bertz CT molecular complexity index is 659. The van der Waals surface area contributed by atoms with Crippen LogP contribution in [0, 0.1) is 0 Å². The van der Waals surface area contributed by atoms with Crippen molar-refractivity contribution < 1.29 is 4.74 Å². The van der Waals surface area contributed by atoms with Crippen LogP contribution in [0.4, 0.5) is 5.69 Å². The Labute approximate surface area is 150 Å². The Morgan fingerprint density at radius 1 is 0.920 bits per heavy atom. The Morgan fingerprint density at radius 3 is 2.28 bits per heavy atom. The van der Waals surface area contributed by atoms with Crippen LogP contribution in [0.3, 0.4) is 0 Å². The third-order valence-electron chi connectivity index (χ3n) is 5.46. The van der Waals surface area contributed by atoms with E-state index < -0.39 is 0 Å². The van der Waals surface area contributed by atoms with Crippen molar-refractivity contribution in [3.05, 3.63) is 60.2 Å². The van der Waals surface area contributed by atoms with Crippen LogP contribution in [0.5, 0.6) is 5.75 Å². The van der Waals surface area contributed by atoms with E-state index in [2.05, 4.69) is 40.1 Å². The minimum atomic E-state index is 0.678. The van der Waals surface area contributed by atoms with E-state index in [4.69, 9.17) is 10.5 Å². The zero-order chi connectivity index (χ0) is 17.1. The van der Waals surface area contributed by atoms with E-state index in [0.717, 1.165) is 31.1 Å². The van der Waals surface area contributed by atoms with E-state index in [9.17, 15) is 0 Å². The van der Waals surface area contributed by atoms with Crippen molar-refractivity contribution in [3.8, 4) is 5.75 Å². The molecule has 0 aromatic heterocycles. The van der Waals surface area contributed by atoms with Gasteiger partial charge in [0.1, 0.15) is 12.4 Å². The zero-order valence-corrected chi connectivity index (χ0v) is 14.7. The van der Waals surface area contributed by atoms with Crippen LogP contribution in [0.25, 0.3) is 0 Å². The molecular formula is C21H27N3O. The molecule has 0 amide bonds. The second kappa shape index (κ2) is 7.46. The molecule has 2 fully saturated rings. The van der Waals surface area contributed by atoms with E-state index in [1.54, 1.807) is 0 Å². The van der Waals surface area contributed by atoms with Crippen LogP contribution in [0.15, 0.2) is 54.6 Å². The lowest BCUT2D eigenvalue weighted by molar-refractivity contribution is 0.0523. The fraction of sp³-hybridized carbons (Fsp3) is 0.429. The number of likely N-dealkylation sites (tertiary alicyclic amines) is 1. The summed E-state index contributed by atoms with van der Waals surface area (Å²) >= 11 is 0. The quantitative estimate of drug-likeness (QED) is 0.823. The molecule has 132 valence electrons. The first-order valence-electron chi connectivity index (χ1n) is 9.28. The second-order valence-electron chi connectivity index (χ2n) is 7.22. The second-order valence-corrected chi connectivity index (χ2v) is 7.22. The van der Waals surface area contributed by atoms with Gasteiger partial charge in [-0.2, -0.15) is 0 Å². The van der Waals surface area contributed by atoms with E-state index in [1.165, 1.54) is 31.5 Å². The lowest BCUT2D eigenvalue weighted by Gasteiger charge is -2.41. The topological polar surface area (TPSA) is 41.7 Å². The Kier molecular flexibility index (Phi) is 4.90. The summed E-state index contributed by atoms with van der Waals surface area (Å²) in [6.07, 6.45) is 2.63. The number of piperazine rings is 1. The van der Waals surface area contributed by atoms with Gasteiger partial charge in [0.25, 0.3) is 0 Å². The summed E-state index contributed by atoms with van der Waals surface area (Å²) in [7, 11) is 0. The summed E-state index contributed by atoms with van der Waals surface area (Å²) in [5, 5.41) is 0. The minimum absolute atomic E-state index is 0.678. The predicted octanol–water partition coefficient (Wildman–Crippen LogP) is 3.00. The molecule has 4 heteroatoms. The predicted molar refractivity (Wildman–Crippen MR) is 102 cm³/mol. The number of rotatable bonds is 6. The molecule has 0 radical (unpaired) electrons. The highest BCUT2D eigenvalue weighted by Crippen LogP contribution is 2.30. The summed E-state index contributed by atoms with van der Waals surface area (Å²) in [4.78, 5) is 5.29. The van der Waals surface area contributed by atoms with Crippen LogP contribution in [0.2, 0.25) is 0 Å². The SMILES string of the molecule is Nc1ccc(OCCN2[C@@H]3CC[C@H]2CN(Cc2ccccc2)C3)cc1. The lowest BCUT2D eigenvalue weighted by Crippen LogP contribution is -2.54. The molecule has 0 aliphatic carbocycles. The van der Waals surface area contributed by atoms with Gasteiger partial charge in [-0.05, 0) is 42.7 Å². The maximum Gasteiger partial charge on any atom is 0.119 e. The Morgan fingerprint density at radius 2 is 1.60 bits per heavy atom. The molecule has 25 heavy (non-hydrogen) atoms. The van der Waals surface area contributed by atoms with Crippen LogP contribution in [-0.4, -0.2) is 48.1 Å². The minimum Gasteiger partial charge on any atom is -0.492 e. The molecule has 0 spiro atoms. The monoisotopic (exact) mass is 337 g/mol. The summed E-state index contributed by atoms with van der Waals surface area (Å²) in [6, 6.07) is 19.8. The molecule has 0 saturated carbocycles. The summed E-state index contributed by atoms with van der Waals surface area (Å²) in [5.41, 5.74) is 7.91. The van der Waals surface area contributed by atoms with Crippen LogP contribution in [0.1, 0.15) is 18.4 Å². The number of anilines is 1. The molecule has 4 rings (SSSR count). The van der Waals surface area contributed by atoms with Crippen LogP contribution >= 0.6 is 0 Å². The van der Waals surface area contributed by atoms with Crippen molar-refractivity contribution in [2.24, 2.45) is 0 Å². The van der Waals surface area contributed by atoms with Gasteiger partial charge in [-0.15, -0.1) is 0 Å². The van der Waals surface area contributed by atoms with Crippen molar-refractivity contribution in [2.45, 2.75) is 31.5 Å². The molecule has 2 aliphatic rings. The molecule has 2 aliphatic heterocycles. The number of nitrogens with zero attached hydrogens (tertiary/aromatic N) is 2. The highest BCUT2D eigenvalue weighted by atomic mass is 16.5. The average Bonchev–Trinajstić information content (AvgIpc) is 2.87. The fourth-order valence-corrected chi connectivity index (χ4v) is 4.25. The summed E-state index contributed by atoms with van der Waals surface area (Å²) in [5.74, 6) is 0.907. The standard InChI is InChI=1S/C21H27N3O/c22-18-6-10-21(11-7-18)25-13-12-24-19-8-9-20(24)16-23(15-19)14-17-4-2-1-3-5-17/h1-7,10-11,19-20H,8-9,12-16,22H2/t19-,20+. The van der Waals surface area contributed by atoms with Gasteiger partial charge in [-0.3, -0.25) is 9.80 Å². The zero-order valence-electron chi connectivity index (χ0n) is 14.7. The third kappa shape index (κ3) is 3.97. The van der Waals surface area contributed by atoms with Gasteiger partial charge in [-0.25, -0.2) is 0 Å². The molecular weight excluding hydrogens is 310 g/mol. The summed E-state index contributed by atoms with van der Waals surface area (Å²) in [6.45, 7) is 5.18. The van der Waals surface area contributed by atoms with E-state index in [-0.39, 0.29) is 0 Å². The lowest BCUT2D eigenvalue weighted by atomic mass is 10.1. The van der Waals surface area contributed by atoms with Crippen LogP contribution < -0.4 is 10.5 Å². The number of ether oxygens (including phenoxy) is 1. The van der Waals surface area contributed by atoms with E-state index >= 15 is 0 Å². The highest BCUT2D eigenvalue weighted by Gasteiger charge is 2.39. The number of nitrogens with two attached hydrogens (primary N) is 1. The van der Waals surface area contributed by atoms with Gasteiger partial charge in [0.2, 0.25) is 0 Å². The molecule has 2 aromatic carbocycles. The van der Waals surface area contributed by atoms with Crippen molar-refractivity contribution in [3.63, 3.8) is 0 Å². The average molecular weight is 337 g/mol. The highest BCUT2D eigenvalue weighted by molar-refractivity contribution is 5.41. The van der Waals surface area contributed by atoms with Crippen LogP contribution in [-0.2, 0) is 6.54 Å². The summed E-state index contributed by atoms with van der Waals surface area (Å²) < 4.78 is 5.90. The van der Waals surface area contributed by atoms with E-state index in [1.807, 2.05) is 24.3 Å². The van der Waals surface area contributed by atoms with Gasteiger partial charge < -0.3 is 10.5 Å².